The Morgan fingerprint density at radius 3 is 2.89 bits per heavy atom. The van der Waals surface area contributed by atoms with Gasteiger partial charge in [-0.3, -0.25) is 4.79 Å². The van der Waals surface area contributed by atoms with Gasteiger partial charge in [0.25, 0.3) is 5.91 Å². The van der Waals surface area contributed by atoms with E-state index < -0.39 is 0 Å². The average Bonchev–Trinajstić information content (AvgIpc) is 2.75. The van der Waals surface area contributed by atoms with Crippen molar-refractivity contribution in [1.82, 2.24) is 15.2 Å². The van der Waals surface area contributed by atoms with E-state index in [1.54, 1.807) is 7.05 Å². The molecule has 0 radical (unpaired) electrons. The van der Waals surface area contributed by atoms with E-state index >= 15 is 0 Å². The molecule has 1 aromatic heterocycles. The standard InChI is InChI=1S/C12H21N5OS/c1-7-6-8(4-5-17(7)3)15-11(18)9-10(13)16-12(14-2)19-9/h7-8H,4-6,13H2,1-3H3,(H,14,16)(H,15,18). The smallest absolute Gasteiger partial charge is 0.265 e. The fraction of sp³-hybridized carbons (Fsp3) is 0.667. The Labute approximate surface area is 117 Å². The molecule has 2 atom stereocenters. The predicted octanol–water partition coefficient (Wildman–Crippen LogP) is 0.980. The molecule has 0 saturated carbocycles. The molecule has 106 valence electrons. The number of nitrogens with two attached hydrogens (primary N) is 1. The summed E-state index contributed by atoms with van der Waals surface area (Å²) in [6.07, 6.45) is 1.95. The molecular weight excluding hydrogens is 262 g/mol. The van der Waals surface area contributed by atoms with Gasteiger partial charge in [-0.25, -0.2) is 4.98 Å². The molecule has 19 heavy (non-hydrogen) atoms. The van der Waals surface area contributed by atoms with E-state index in [4.69, 9.17) is 5.73 Å². The van der Waals surface area contributed by atoms with Gasteiger partial charge in [0.1, 0.15) is 10.7 Å². The van der Waals surface area contributed by atoms with Crippen LogP contribution in [0.15, 0.2) is 0 Å². The van der Waals surface area contributed by atoms with Crippen molar-refractivity contribution in [1.29, 1.82) is 0 Å². The second-order valence-corrected chi connectivity index (χ2v) is 6.01. The van der Waals surface area contributed by atoms with Crippen molar-refractivity contribution in [2.45, 2.75) is 31.8 Å². The lowest BCUT2D eigenvalue weighted by Gasteiger charge is -2.35. The third kappa shape index (κ3) is 3.16. The summed E-state index contributed by atoms with van der Waals surface area (Å²) >= 11 is 1.29. The normalized spacial score (nSPS) is 24.2. The fourth-order valence-electron chi connectivity index (χ4n) is 2.27. The van der Waals surface area contributed by atoms with Crippen LogP contribution in [0.25, 0.3) is 0 Å². The summed E-state index contributed by atoms with van der Waals surface area (Å²) in [7, 11) is 3.88. The molecule has 2 unspecified atom stereocenters. The van der Waals surface area contributed by atoms with Gasteiger partial charge in [0.15, 0.2) is 5.13 Å². The molecule has 4 N–H and O–H groups in total. The van der Waals surface area contributed by atoms with Crippen LogP contribution in [0.4, 0.5) is 10.9 Å². The van der Waals surface area contributed by atoms with Crippen molar-refractivity contribution in [3.8, 4) is 0 Å². The first kappa shape index (κ1) is 14.1. The first-order chi connectivity index (χ1) is 9.01. The maximum atomic E-state index is 12.2. The Hall–Kier alpha value is -1.34. The van der Waals surface area contributed by atoms with Crippen LogP contribution in [0.5, 0.6) is 0 Å². The number of nitrogen functional groups attached to an aromatic ring is 1. The first-order valence-corrected chi connectivity index (χ1v) is 7.28. The number of hydrogen-bond donors (Lipinski definition) is 3. The lowest BCUT2D eigenvalue weighted by molar-refractivity contribution is 0.0901. The highest BCUT2D eigenvalue weighted by molar-refractivity contribution is 7.18. The van der Waals surface area contributed by atoms with E-state index in [0.717, 1.165) is 19.4 Å². The number of carbonyl (C=O) groups is 1. The maximum Gasteiger partial charge on any atom is 0.265 e. The van der Waals surface area contributed by atoms with E-state index in [9.17, 15) is 4.79 Å². The molecule has 0 bridgehead atoms. The molecule has 1 aliphatic heterocycles. The molecule has 1 saturated heterocycles. The second kappa shape index (κ2) is 5.75. The van der Waals surface area contributed by atoms with Gasteiger partial charge in [-0.05, 0) is 26.8 Å². The lowest BCUT2D eigenvalue weighted by atomic mass is 9.99. The molecular formula is C12H21N5OS. The van der Waals surface area contributed by atoms with Gasteiger partial charge in [-0.15, -0.1) is 0 Å². The number of aromatic nitrogens is 1. The number of carbonyl (C=O) groups excluding carboxylic acids is 1. The Balaban J connectivity index is 1.99. The topological polar surface area (TPSA) is 83.3 Å². The number of nitrogens with zero attached hydrogens (tertiary/aromatic N) is 2. The summed E-state index contributed by atoms with van der Waals surface area (Å²) < 4.78 is 0. The summed E-state index contributed by atoms with van der Waals surface area (Å²) in [4.78, 5) is 19.1. The van der Waals surface area contributed by atoms with E-state index in [1.165, 1.54) is 11.3 Å². The lowest BCUT2D eigenvalue weighted by Crippen LogP contribution is -2.47. The summed E-state index contributed by atoms with van der Waals surface area (Å²) in [6.45, 7) is 3.19. The minimum Gasteiger partial charge on any atom is -0.382 e. The zero-order chi connectivity index (χ0) is 14.0. The number of nitrogens with one attached hydrogen (secondary N) is 2. The fourth-order valence-corrected chi connectivity index (χ4v) is 3.01. The molecule has 1 fully saturated rings. The molecule has 0 aliphatic carbocycles. The molecule has 0 aromatic carbocycles. The van der Waals surface area contributed by atoms with Gasteiger partial charge in [-0.1, -0.05) is 11.3 Å². The highest BCUT2D eigenvalue weighted by atomic mass is 32.1. The number of rotatable bonds is 3. The van der Waals surface area contributed by atoms with Crippen molar-refractivity contribution in [2.24, 2.45) is 0 Å². The number of hydrogen-bond acceptors (Lipinski definition) is 6. The van der Waals surface area contributed by atoms with E-state index in [-0.39, 0.29) is 11.9 Å². The molecule has 0 spiro atoms. The molecule has 1 aliphatic rings. The molecule has 6 nitrogen and oxygen atoms in total. The van der Waals surface area contributed by atoms with Gasteiger partial charge in [-0.2, -0.15) is 0 Å². The van der Waals surface area contributed by atoms with Crippen molar-refractivity contribution in [2.75, 3.05) is 31.7 Å². The van der Waals surface area contributed by atoms with E-state index in [1.807, 2.05) is 0 Å². The van der Waals surface area contributed by atoms with E-state index in [0.29, 0.717) is 21.9 Å². The van der Waals surface area contributed by atoms with E-state index in [2.05, 4.69) is 34.5 Å². The Morgan fingerprint density at radius 2 is 2.32 bits per heavy atom. The maximum absolute atomic E-state index is 12.2. The number of amides is 1. The van der Waals surface area contributed by atoms with Gasteiger partial charge in [0.2, 0.25) is 0 Å². The number of likely N-dealkylation sites (tertiary alicyclic amines) is 1. The Bertz CT molecular complexity index is 461. The minimum atomic E-state index is -0.113. The van der Waals surface area contributed by atoms with Gasteiger partial charge < -0.3 is 21.3 Å². The van der Waals surface area contributed by atoms with Crippen LogP contribution in [0.1, 0.15) is 29.4 Å². The monoisotopic (exact) mass is 283 g/mol. The van der Waals surface area contributed by atoms with Crippen molar-refractivity contribution >= 4 is 28.2 Å². The van der Waals surface area contributed by atoms with Crippen LogP contribution in [0.3, 0.4) is 0 Å². The van der Waals surface area contributed by atoms with Crippen LogP contribution in [0.2, 0.25) is 0 Å². The van der Waals surface area contributed by atoms with Gasteiger partial charge in [0, 0.05) is 25.7 Å². The Morgan fingerprint density at radius 1 is 1.58 bits per heavy atom. The van der Waals surface area contributed by atoms with Crippen molar-refractivity contribution < 1.29 is 4.79 Å². The largest absolute Gasteiger partial charge is 0.382 e. The molecule has 1 aromatic rings. The Kier molecular flexibility index (Phi) is 4.26. The van der Waals surface area contributed by atoms with Crippen LogP contribution in [-0.2, 0) is 0 Å². The summed E-state index contributed by atoms with van der Waals surface area (Å²) in [5.74, 6) is 0.186. The van der Waals surface area contributed by atoms with Crippen LogP contribution in [0, 0.1) is 0 Å². The molecule has 2 rings (SSSR count). The van der Waals surface area contributed by atoms with Crippen molar-refractivity contribution in [3.63, 3.8) is 0 Å². The summed E-state index contributed by atoms with van der Waals surface area (Å²) in [5.41, 5.74) is 5.76. The van der Waals surface area contributed by atoms with Crippen molar-refractivity contribution in [3.05, 3.63) is 4.88 Å². The number of anilines is 2. The van der Waals surface area contributed by atoms with Crippen LogP contribution >= 0.6 is 11.3 Å². The highest BCUT2D eigenvalue weighted by Crippen LogP contribution is 2.25. The zero-order valence-electron chi connectivity index (χ0n) is 11.6. The quantitative estimate of drug-likeness (QED) is 0.770. The SMILES string of the molecule is CNc1nc(N)c(C(=O)NC2CCN(C)C(C)C2)s1. The molecule has 1 amide bonds. The first-order valence-electron chi connectivity index (χ1n) is 6.46. The second-order valence-electron chi connectivity index (χ2n) is 5.01. The number of piperidine rings is 1. The third-order valence-corrected chi connectivity index (χ3v) is 4.70. The molecule has 2 heterocycles. The van der Waals surface area contributed by atoms with Crippen LogP contribution < -0.4 is 16.4 Å². The predicted molar refractivity (Wildman–Crippen MR) is 78.7 cm³/mol. The third-order valence-electron chi connectivity index (χ3n) is 3.62. The van der Waals surface area contributed by atoms with Crippen LogP contribution in [-0.4, -0.2) is 48.5 Å². The van der Waals surface area contributed by atoms with Gasteiger partial charge in [0.05, 0.1) is 0 Å². The minimum absolute atomic E-state index is 0.113. The van der Waals surface area contributed by atoms with Gasteiger partial charge >= 0.3 is 0 Å². The number of thiazole rings is 1. The molecule has 7 heteroatoms. The average molecular weight is 283 g/mol. The summed E-state index contributed by atoms with van der Waals surface area (Å²) in [6, 6.07) is 0.712. The summed E-state index contributed by atoms with van der Waals surface area (Å²) in [5, 5.41) is 6.63. The highest BCUT2D eigenvalue weighted by Gasteiger charge is 2.25. The zero-order valence-corrected chi connectivity index (χ0v) is 12.4.